The summed E-state index contributed by atoms with van der Waals surface area (Å²) in [7, 11) is 0. The van der Waals surface area contributed by atoms with E-state index < -0.39 is 5.97 Å². The van der Waals surface area contributed by atoms with Crippen LogP contribution in [0.25, 0.3) is 0 Å². The Bertz CT molecular complexity index is 651. The SMILES string of the molecule is O=C(O)c1ccc(N2CCN(c3ccccc3F)CC2)s1. The van der Waals surface area contributed by atoms with Crippen molar-refractivity contribution < 1.29 is 14.3 Å². The van der Waals surface area contributed by atoms with Gasteiger partial charge in [-0.3, -0.25) is 0 Å². The van der Waals surface area contributed by atoms with Crippen molar-refractivity contribution in [2.45, 2.75) is 0 Å². The van der Waals surface area contributed by atoms with Crippen LogP contribution in [0.3, 0.4) is 0 Å². The lowest BCUT2D eigenvalue weighted by molar-refractivity contribution is 0.0702. The first-order chi connectivity index (χ1) is 10.1. The fourth-order valence-corrected chi connectivity index (χ4v) is 3.38. The van der Waals surface area contributed by atoms with Crippen LogP contribution >= 0.6 is 11.3 Å². The number of thiophene rings is 1. The fourth-order valence-electron chi connectivity index (χ4n) is 2.49. The molecule has 1 aliphatic rings. The Morgan fingerprint density at radius 1 is 1.05 bits per heavy atom. The summed E-state index contributed by atoms with van der Waals surface area (Å²) in [5, 5.41) is 9.92. The maximum atomic E-state index is 13.8. The van der Waals surface area contributed by atoms with E-state index in [0.717, 1.165) is 31.2 Å². The molecule has 0 saturated carbocycles. The molecule has 0 atom stereocenters. The molecule has 1 aromatic heterocycles. The Balaban J connectivity index is 1.67. The summed E-state index contributed by atoms with van der Waals surface area (Å²) in [6.45, 7) is 2.96. The van der Waals surface area contributed by atoms with E-state index in [1.54, 1.807) is 18.2 Å². The van der Waals surface area contributed by atoms with Crippen molar-refractivity contribution in [1.82, 2.24) is 0 Å². The van der Waals surface area contributed by atoms with Gasteiger partial charge < -0.3 is 14.9 Å². The highest BCUT2D eigenvalue weighted by molar-refractivity contribution is 7.17. The van der Waals surface area contributed by atoms with Gasteiger partial charge in [-0.15, -0.1) is 11.3 Å². The molecule has 0 aliphatic carbocycles. The number of para-hydroxylation sites is 1. The third-order valence-electron chi connectivity index (χ3n) is 3.59. The first-order valence-electron chi connectivity index (χ1n) is 6.73. The second-order valence-electron chi connectivity index (χ2n) is 4.87. The van der Waals surface area contributed by atoms with E-state index in [9.17, 15) is 9.18 Å². The molecule has 1 aromatic carbocycles. The molecular weight excluding hydrogens is 291 g/mol. The van der Waals surface area contributed by atoms with Crippen molar-refractivity contribution in [2.24, 2.45) is 0 Å². The molecule has 1 N–H and O–H groups in total. The maximum Gasteiger partial charge on any atom is 0.345 e. The number of carboxylic acids is 1. The van der Waals surface area contributed by atoms with E-state index in [1.807, 2.05) is 17.0 Å². The van der Waals surface area contributed by atoms with Gasteiger partial charge in [0.05, 0.1) is 10.7 Å². The van der Waals surface area contributed by atoms with E-state index >= 15 is 0 Å². The minimum atomic E-state index is -0.892. The lowest BCUT2D eigenvalue weighted by Gasteiger charge is -2.36. The van der Waals surface area contributed by atoms with Gasteiger partial charge in [-0.05, 0) is 24.3 Å². The number of anilines is 2. The number of carbonyl (C=O) groups is 1. The lowest BCUT2D eigenvalue weighted by atomic mass is 10.2. The Morgan fingerprint density at radius 2 is 1.71 bits per heavy atom. The predicted molar refractivity (Wildman–Crippen MR) is 82.1 cm³/mol. The van der Waals surface area contributed by atoms with Crippen LogP contribution in [0, 0.1) is 5.82 Å². The lowest BCUT2D eigenvalue weighted by Crippen LogP contribution is -2.46. The second kappa shape index (κ2) is 5.73. The highest BCUT2D eigenvalue weighted by Gasteiger charge is 2.21. The molecule has 1 fully saturated rings. The zero-order chi connectivity index (χ0) is 14.8. The molecule has 0 radical (unpaired) electrons. The van der Waals surface area contributed by atoms with E-state index in [1.165, 1.54) is 17.4 Å². The minimum Gasteiger partial charge on any atom is -0.477 e. The number of piperazine rings is 1. The van der Waals surface area contributed by atoms with Crippen LogP contribution in [0.1, 0.15) is 9.67 Å². The van der Waals surface area contributed by atoms with Crippen LogP contribution in [0.4, 0.5) is 15.1 Å². The third-order valence-corrected chi connectivity index (χ3v) is 4.72. The number of halogens is 1. The van der Waals surface area contributed by atoms with Gasteiger partial charge in [-0.1, -0.05) is 12.1 Å². The van der Waals surface area contributed by atoms with Crippen LogP contribution in [0.5, 0.6) is 0 Å². The van der Waals surface area contributed by atoms with E-state index in [4.69, 9.17) is 5.11 Å². The van der Waals surface area contributed by atoms with Crippen LogP contribution in [-0.2, 0) is 0 Å². The zero-order valence-electron chi connectivity index (χ0n) is 11.3. The first kappa shape index (κ1) is 13.9. The Morgan fingerprint density at radius 3 is 2.33 bits per heavy atom. The fraction of sp³-hybridized carbons (Fsp3) is 0.267. The minimum absolute atomic E-state index is 0.199. The summed E-state index contributed by atoms with van der Waals surface area (Å²) in [5.74, 6) is -1.09. The van der Waals surface area contributed by atoms with Crippen molar-refractivity contribution in [1.29, 1.82) is 0 Å². The van der Waals surface area contributed by atoms with E-state index in [0.29, 0.717) is 10.6 Å². The summed E-state index contributed by atoms with van der Waals surface area (Å²) < 4.78 is 13.8. The number of nitrogens with zero attached hydrogens (tertiary/aromatic N) is 2. The molecule has 4 nitrogen and oxygen atoms in total. The molecule has 0 unspecified atom stereocenters. The average Bonchev–Trinajstić information content (AvgIpc) is 2.98. The largest absolute Gasteiger partial charge is 0.477 e. The van der Waals surface area contributed by atoms with Crippen LogP contribution < -0.4 is 9.80 Å². The average molecular weight is 306 g/mol. The molecule has 6 heteroatoms. The van der Waals surface area contributed by atoms with Gasteiger partial charge in [0.1, 0.15) is 10.7 Å². The molecule has 0 amide bonds. The number of carboxylic acid groups (broad SMARTS) is 1. The Labute approximate surface area is 126 Å². The molecule has 110 valence electrons. The quantitative estimate of drug-likeness (QED) is 0.947. The first-order valence-corrected chi connectivity index (χ1v) is 7.54. The zero-order valence-corrected chi connectivity index (χ0v) is 12.1. The van der Waals surface area contributed by atoms with E-state index in [2.05, 4.69) is 4.90 Å². The van der Waals surface area contributed by atoms with Crippen molar-refractivity contribution in [3.63, 3.8) is 0 Å². The topological polar surface area (TPSA) is 43.8 Å². The second-order valence-corrected chi connectivity index (χ2v) is 5.93. The van der Waals surface area contributed by atoms with Gasteiger partial charge in [-0.25, -0.2) is 9.18 Å². The molecule has 0 bridgehead atoms. The molecule has 1 aliphatic heterocycles. The predicted octanol–water partition coefficient (Wildman–Crippen LogP) is 2.91. The summed E-state index contributed by atoms with van der Waals surface area (Å²) in [6, 6.07) is 10.3. The van der Waals surface area contributed by atoms with Crippen molar-refractivity contribution in [3.05, 3.63) is 47.1 Å². The number of benzene rings is 1. The van der Waals surface area contributed by atoms with Gasteiger partial charge >= 0.3 is 5.97 Å². The van der Waals surface area contributed by atoms with Crippen molar-refractivity contribution in [2.75, 3.05) is 36.0 Å². The Kier molecular flexibility index (Phi) is 3.79. The molecular formula is C15H15FN2O2S. The number of rotatable bonds is 3. The number of aromatic carboxylic acids is 1. The highest BCUT2D eigenvalue weighted by Crippen LogP contribution is 2.28. The highest BCUT2D eigenvalue weighted by atomic mass is 32.1. The van der Waals surface area contributed by atoms with Crippen molar-refractivity contribution >= 4 is 28.0 Å². The van der Waals surface area contributed by atoms with Gasteiger partial charge in [-0.2, -0.15) is 0 Å². The normalized spacial score (nSPS) is 15.3. The summed E-state index contributed by atoms with van der Waals surface area (Å²) in [5.41, 5.74) is 0.634. The number of hydrogen-bond donors (Lipinski definition) is 1. The van der Waals surface area contributed by atoms with Crippen LogP contribution in [-0.4, -0.2) is 37.3 Å². The van der Waals surface area contributed by atoms with Crippen LogP contribution in [0.15, 0.2) is 36.4 Å². The van der Waals surface area contributed by atoms with Crippen molar-refractivity contribution in [3.8, 4) is 0 Å². The van der Waals surface area contributed by atoms with Gasteiger partial charge in [0.2, 0.25) is 0 Å². The molecule has 2 heterocycles. The molecule has 2 aromatic rings. The van der Waals surface area contributed by atoms with Gasteiger partial charge in [0, 0.05) is 26.2 Å². The van der Waals surface area contributed by atoms with Crippen LogP contribution in [0.2, 0.25) is 0 Å². The summed E-state index contributed by atoms with van der Waals surface area (Å²) in [6.07, 6.45) is 0. The van der Waals surface area contributed by atoms with Gasteiger partial charge in [0.15, 0.2) is 0 Å². The molecule has 3 rings (SSSR count). The molecule has 1 saturated heterocycles. The summed E-state index contributed by atoms with van der Waals surface area (Å²) in [4.78, 5) is 15.4. The third kappa shape index (κ3) is 2.85. The monoisotopic (exact) mass is 306 g/mol. The maximum absolute atomic E-state index is 13.8. The molecule has 21 heavy (non-hydrogen) atoms. The smallest absolute Gasteiger partial charge is 0.345 e. The summed E-state index contributed by atoms with van der Waals surface area (Å²) >= 11 is 1.28. The number of hydrogen-bond acceptors (Lipinski definition) is 4. The van der Waals surface area contributed by atoms with Gasteiger partial charge in [0.25, 0.3) is 0 Å². The van der Waals surface area contributed by atoms with E-state index in [-0.39, 0.29) is 5.82 Å². The standard InChI is InChI=1S/C15H15FN2O2S/c16-11-3-1-2-4-12(11)17-7-9-18(10-8-17)14-6-5-13(21-14)15(19)20/h1-6H,7-10H2,(H,19,20). The Hall–Kier alpha value is -2.08. The molecule has 0 spiro atoms.